The highest BCUT2D eigenvalue weighted by Gasteiger charge is 2.16. The maximum atomic E-state index is 11.5. The molecule has 150 valence electrons. The van der Waals surface area contributed by atoms with Crippen molar-refractivity contribution in [3.8, 4) is 22.5 Å². The summed E-state index contributed by atoms with van der Waals surface area (Å²) in [5.41, 5.74) is 4.14. The highest BCUT2D eigenvalue weighted by molar-refractivity contribution is 5.78. The number of carbonyl (C=O) groups excluding carboxylic acids is 1. The van der Waals surface area contributed by atoms with Crippen LogP contribution in [0.4, 0.5) is 0 Å². The van der Waals surface area contributed by atoms with Crippen LogP contribution >= 0.6 is 0 Å². The monoisotopic (exact) mass is 393 g/mol. The van der Waals surface area contributed by atoms with E-state index in [4.69, 9.17) is 9.72 Å². The summed E-state index contributed by atoms with van der Waals surface area (Å²) in [4.78, 5) is 16.4. The lowest BCUT2D eigenvalue weighted by atomic mass is 10.1. The van der Waals surface area contributed by atoms with Gasteiger partial charge in [0.25, 0.3) is 0 Å². The molecule has 4 aromatic heterocycles. The van der Waals surface area contributed by atoms with E-state index in [-0.39, 0.29) is 12.5 Å². The Hall–Kier alpha value is -3.49. The van der Waals surface area contributed by atoms with Crippen LogP contribution in [0, 0.1) is 0 Å². The summed E-state index contributed by atoms with van der Waals surface area (Å²) in [6, 6.07) is 2.30. The van der Waals surface area contributed by atoms with E-state index in [1.54, 1.807) is 23.1 Å². The Morgan fingerprint density at radius 3 is 2.62 bits per heavy atom. The normalized spacial score (nSPS) is 11.4. The van der Waals surface area contributed by atoms with Crippen molar-refractivity contribution >= 4 is 11.5 Å². The molecule has 4 rings (SSSR count). The number of ether oxygens (including phenoxy) is 1. The van der Waals surface area contributed by atoms with Crippen molar-refractivity contribution in [2.24, 2.45) is 0 Å². The zero-order chi connectivity index (χ0) is 20.4. The van der Waals surface area contributed by atoms with E-state index < -0.39 is 0 Å². The third-order valence-electron chi connectivity index (χ3n) is 5.03. The number of esters is 1. The lowest BCUT2D eigenvalue weighted by Crippen LogP contribution is -2.11. The number of aromatic nitrogens is 7. The number of hydrogen-bond donors (Lipinski definition) is 0. The van der Waals surface area contributed by atoms with E-state index in [1.807, 2.05) is 29.3 Å². The number of methoxy groups -OCH3 is 1. The molecule has 0 N–H and O–H groups in total. The lowest BCUT2D eigenvalue weighted by molar-refractivity contribution is -0.141. The van der Waals surface area contributed by atoms with Crippen LogP contribution in [0.1, 0.15) is 32.7 Å². The third-order valence-corrected chi connectivity index (χ3v) is 5.03. The predicted molar refractivity (Wildman–Crippen MR) is 107 cm³/mol. The number of nitrogens with zero attached hydrogens (tertiary/aromatic N) is 7. The first kappa shape index (κ1) is 18.9. The Bertz CT molecular complexity index is 1140. The molecule has 0 saturated carbocycles. The molecule has 0 fully saturated rings. The molecule has 0 saturated heterocycles. The molecule has 0 aliphatic heterocycles. The maximum absolute atomic E-state index is 11.5. The molecule has 0 spiro atoms. The summed E-state index contributed by atoms with van der Waals surface area (Å²) >= 11 is 0. The minimum Gasteiger partial charge on any atom is -0.468 e. The zero-order valence-corrected chi connectivity index (χ0v) is 16.7. The van der Waals surface area contributed by atoms with Crippen molar-refractivity contribution in [3.63, 3.8) is 0 Å². The molecule has 0 aliphatic rings. The van der Waals surface area contributed by atoms with Gasteiger partial charge in [-0.3, -0.25) is 14.2 Å². The Morgan fingerprint density at radius 1 is 1.07 bits per heavy atom. The van der Waals surface area contributed by atoms with Crippen LogP contribution in [0.3, 0.4) is 0 Å². The van der Waals surface area contributed by atoms with Gasteiger partial charge in [-0.15, -0.1) is 0 Å². The van der Waals surface area contributed by atoms with Crippen molar-refractivity contribution in [2.75, 3.05) is 7.11 Å². The van der Waals surface area contributed by atoms with Gasteiger partial charge in [0.15, 0.2) is 0 Å². The Balaban J connectivity index is 1.74. The van der Waals surface area contributed by atoms with Crippen molar-refractivity contribution in [1.82, 2.24) is 34.2 Å². The second kappa shape index (κ2) is 7.86. The molecule has 4 aromatic rings. The fourth-order valence-electron chi connectivity index (χ4n) is 3.38. The molecule has 0 aliphatic carbocycles. The first-order valence-corrected chi connectivity index (χ1v) is 9.61. The van der Waals surface area contributed by atoms with Crippen molar-refractivity contribution < 1.29 is 9.53 Å². The van der Waals surface area contributed by atoms with Gasteiger partial charge in [-0.1, -0.05) is 13.8 Å². The topological polar surface area (TPSA) is 92.1 Å². The third kappa shape index (κ3) is 3.63. The van der Waals surface area contributed by atoms with Crippen molar-refractivity contribution in [2.45, 2.75) is 39.3 Å². The fourth-order valence-corrected chi connectivity index (χ4v) is 3.38. The minimum atomic E-state index is -0.357. The van der Waals surface area contributed by atoms with Crippen LogP contribution in [0.5, 0.6) is 0 Å². The van der Waals surface area contributed by atoms with Gasteiger partial charge in [0.2, 0.25) is 0 Å². The Kier molecular flexibility index (Phi) is 5.11. The molecular formula is C20H23N7O2. The summed E-state index contributed by atoms with van der Waals surface area (Å²) in [6.07, 6.45) is 13.0. The molecule has 0 amide bonds. The van der Waals surface area contributed by atoms with Crippen LogP contribution in [0.2, 0.25) is 0 Å². The average Bonchev–Trinajstić information content (AvgIpc) is 3.48. The quantitative estimate of drug-likeness (QED) is 0.448. The van der Waals surface area contributed by atoms with E-state index in [0.29, 0.717) is 11.7 Å². The molecule has 29 heavy (non-hydrogen) atoms. The van der Waals surface area contributed by atoms with Crippen molar-refractivity contribution in [1.29, 1.82) is 0 Å². The Labute approximate surface area is 167 Å². The molecule has 0 atom stereocenters. The molecule has 0 radical (unpaired) electrons. The number of fused-ring (bicyclic) bond motifs is 1. The summed E-state index contributed by atoms with van der Waals surface area (Å²) in [6.45, 7) is 4.38. The zero-order valence-electron chi connectivity index (χ0n) is 16.7. The van der Waals surface area contributed by atoms with Gasteiger partial charge >= 0.3 is 5.97 Å². The van der Waals surface area contributed by atoms with Crippen LogP contribution in [0.15, 0.2) is 43.2 Å². The van der Waals surface area contributed by atoms with Gasteiger partial charge in [-0.25, -0.2) is 9.50 Å². The van der Waals surface area contributed by atoms with Gasteiger partial charge in [0.05, 0.1) is 54.8 Å². The molecule has 4 heterocycles. The fraction of sp³-hybridized carbons (Fsp3) is 0.350. The lowest BCUT2D eigenvalue weighted by Gasteiger charge is -2.12. The SMILES string of the molecule is CCC(CC)n1cc(-c2nc(-c3cnn(CC(=O)OC)c3)cn3nccc23)cn1. The minimum absolute atomic E-state index is 0.0512. The average molecular weight is 393 g/mol. The smallest absolute Gasteiger partial charge is 0.327 e. The van der Waals surface area contributed by atoms with Crippen LogP contribution in [0.25, 0.3) is 28.0 Å². The largest absolute Gasteiger partial charge is 0.468 e. The number of rotatable bonds is 7. The van der Waals surface area contributed by atoms with Crippen LogP contribution < -0.4 is 0 Å². The summed E-state index contributed by atoms with van der Waals surface area (Å²) in [5.74, 6) is -0.357. The van der Waals surface area contributed by atoms with Crippen LogP contribution in [-0.2, 0) is 16.1 Å². The van der Waals surface area contributed by atoms with E-state index >= 15 is 0 Å². The van der Waals surface area contributed by atoms with Crippen LogP contribution in [-0.4, -0.2) is 47.2 Å². The first-order valence-electron chi connectivity index (χ1n) is 9.61. The van der Waals surface area contributed by atoms with Gasteiger partial charge < -0.3 is 4.74 Å². The maximum Gasteiger partial charge on any atom is 0.327 e. The second-order valence-corrected chi connectivity index (χ2v) is 6.82. The molecule has 0 bridgehead atoms. The standard InChI is InChI=1S/C20H23N7O2/c1-4-16(5-2)26-11-15(9-23-26)20-18-6-7-21-27(18)12-17(24-20)14-8-22-25(10-14)13-19(28)29-3/h6-12,16H,4-5,13H2,1-3H3. The van der Waals surface area contributed by atoms with Gasteiger partial charge in [-0.05, 0) is 18.9 Å². The van der Waals surface area contributed by atoms with Gasteiger partial charge in [-0.2, -0.15) is 15.3 Å². The molecule has 0 unspecified atom stereocenters. The molecule has 0 aromatic carbocycles. The van der Waals surface area contributed by atoms with E-state index in [9.17, 15) is 4.79 Å². The van der Waals surface area contributed by atoms with Crippen molar-refractivity contribution in [3.05, 3.63) is 43.2 Å². The summed E-state index contributed by atoms with van der Waals surface area (Å²) < 4.78 is 10.0. The summed E-state index contributed by atoms with van der Waals surface area (Å²) in [7, 11) is 1.36. The van der Waals surface area contributed by atoms with E-state index in [1.165, 1.54) is 11.8 Å². The molecule has 9 nitrogen and oxygen atoms in total. The number of carbonyl (C=O) groups is 1. The van der Waals surface area contributed by atoms with Gasteiger partial charge in [0, 0.05) is 23.5 Å². The van der Waals surface area contributed by atoms with Gasteiger partial charge in [0.1, 0.15) is 6.54 Å². The Morgan fingerprint density at radius 2 is 1.86 bits per heavy atom. The number of hydrogen-bond acceptors (Lipinski definition) is 6. The summed E-state index contributed by atoms with van der Waals surface area (Å²) in [5, 5.41) is 13.2. The highest BCUT2D eigenvalue weighted by atomic mass is 16.5. The predicted octanol–water partition coefficient (Wildman–Crippen LogP) is 2.99. The first-order chi connectivity index (χ1) is 14.1. The molecule has 9 heteroatoms. The highest BCUT2D eigenvalue weighted by Crippen LogP contribution is 2.27. The second-order valence-electron chi connectivity index (χ2n) is 6.82. The van der Waals surface area contributed by atoms with E-state index in [2.05, 4.69) is 29.1 Å². The van der Waals surface area contributed by atoms with E-state index in [0.717, 1.165) is 35.2 Å². The molecular weight excluding hydrogens is 370 g/mol.